The summed E-state index contributed by atoms with van der Waals surface area (Å²) < 4.78 is 37.0. The molecule has 0 radical (unpaired) electrons. The number of β-amino-alcohol motifs (C(OH)–C–C–N with tert-alkyl or cyclic N) is 1. The monoisotopic (exact) mass is 343 g/mol. The molecular formula is C15H21NO6S. The Labute approximate surface area is 135 Å². The van der Waals surface area contributed by atoms with Gasteiger partial charge in [-0.15, -0.1) is 0 Å². The highest BCUT2D eigenvalue weighted by Gasteiger charge is 2.35. The SMILES string of the molecule is O=S(=O)(O)c1ccc2c(c1)C(O)CCN2CC1(O)CCOCC1. The number of nitrogens with zero attached hydrogens (tertiary/aromatic N) is 1. The number of rotatable bonds is 3. The van der Waals surface area contributed by atoms with Crippen LogP contribution in [-0.4, -0.2) is 55.1 Å². The minimum atomic E-state index is -4.31. The van der Waals surface area contributed by atoms with E-state index in [1.165, 1.54) is 12.1 Å². The minimum absolute atomic E-state index is 0.234. The van der Waals surface area contributed by atoms with Crippen LogP contribution in [0.1, 0.15) is 30.9 Å². The first-order valence-electron chi connectivity index (χ1n) is 7.63. The minimum Gasteiger partial charge on any atom is -0.388 e. The van der Waals surface area contributed by atoms with E-state index < -0.39 is 21.8 Å². The second kappa shape index (κ2) is 6.03. The summed E-state index contributed by atoms with van der Waals surface area (Å²) in [5, 5.41) is 20.8. The Kier molecular flexibility index (Phi) is 4.37. The van der Waals surface area contributed by atoms with Gasteiger partial charge in [-0.05, 0) is 24.6 Å². The summed E-state index contributed by atoms with van der Waals surface area (Å²) in [4.78, 5) is 1.73. The molecule has 1 aromatic rings. The highest BCUT2D eigenvalue weighted by Crippen LogP contribution is 2.37. The molecule has 8 heteroatoms. The molecule has 0 bridgehead atoms. The van der Waals surface area contributed by atoms with E-state index in [1.54, 1.807) is 6.07 Å². The number of benzene rings is 1. The molecule has 1 saturated heterocycles. The number of hydrogen-bond donors (Lipinski definition) is 3. The Morgan fingerprint density at radius 2 is 2.00 bits per heavy atom. The number of ether oxygens (including phenoxy) is 1. The van der Waals surface area contributed by atoms with Gasteiger partial charge in [-0.1, -0.05) is 0 Å². The van der Waals surface area contributed by atoms with Gasteiger partial charge in [-0.3, -0.25) is 4.55 Å². The van der Waals surface area contributed by atoms with Crippen molar-refractivity contribution in [3.63, 3.8) is 0 Å². The molecular weight excluding hydrogens is 322 g/mol. The third-order valence-electron chi connectivity index (χ3n) is 4.58. The van der Waals surface area contributed by atoms with Gasteiger partial charge < -0.3 is 19.8 Å². The van der Waals surface area contributed by atoms with Crippen molar-refractivity contribution in [1.82, 2.24) is 0 Å². The third-order valence-corrected chi connectivity index (χ3v) is 5.43. The number of aliphatic hydroxyl groups excluding tert-OH is 1. The lowest BCUT2D eigenvalue weighted by Gasteiger charge is -2.41. The molecule has 7 nitrogen and oxygen atoms in total. The van der Waals surface area contributed by atoms with Crippen LogP contribution in [-0.2, 0) is 14.9 Å². The van der Waals surface area contributed by atoms with E-state index >= 15 is 0 Å². The quantitative estimate of drug-likeness (QED) is 0.694. The Bertz CT molecular complexity index is 683. The lowest BCUT2D eigenvalue weighted by atomic mass is 9.91. The molecule has 0 aromatic heterocycles. The van der Waals surface area contributed by atoms with Crippen molar-refractivity contribution in [2.24, 2.45) is 0 Å². The zero-order chi connectivity index (χ0) is 16.7. The summed E-state index contributed by atoms with van der Waals surface area (Å²) in [5.41, 5.74) is 0.303. The van der Waals surface area contributed by atoms with Gasteiger partial charge in [0.2, 0.25) is 0 Å². The van der Waals surface area contributed by atoms with Gasteiger partial charge in [-0.2, -0.15) is 8.42 Å². The fourth-order valence-corrected chi connectivity index (χ4v) is 3.75. The Balaban J connectivity index is 1.90. The maximum atomic E-state index is 11.3. The summed E-state index contributed by atoms with van der Waals surface area (Å²) >= 11 is 0. The smallest absolute Gasteiger partial charge is 0.294 e. The fourth-order valence-electron chi connectivity index (χ4n) is 3.23. The van der Waals surface area contributed by atoms with Crippen LogP contribution in [0.15, 0.2) is 23.1 Å². The summed E-state index contributed by atoms with van der Waals surface area (Å²) in [7, 11) is -4.31. The second-order valence-corrected chi connectivity index (χ2v) is 7.68. The van der Waals surface area contributed by atoms with Gasteiger partial charge in [0, 0.05) is 50.4 Å². The van der Waals surface area contributed by atoms with Crippen LogP contribution in [0.4, 0.5) is 5.69 Å². The Morgan fingerprint density at radius 3 is 2.65 bits per heavy atom. The first kappa shape index (κ1) is 16.7. The largest absolute Gasteiger partial charge is 0.388 e. The van der Waals surface area contributed by atoms with Crippen molar-refractivity contribution in [3.05, 3.63) is 23.8 Å². The zero-order valence-corrected chi connectivity index (χ0v) is 13.5. The first-order chi connectivity index (χ1) is 10.8. The van der Waals surface area contributed by atoms with Gasteiger partial charge in [-0.25, -0.2) is 0 Å². The second-order valence-electron chi connectivity index (χ2n) is 6.26. The summed E-state index contributed by atoms with van der Waals surface area (Å²) in [5.74, 6) is 0. The van der Waals surface area contributed by atoms with Gasteiger partial charge in [0.15, 0.2) is 0 Å². The average molecular weight is 343 g/mol. The topological polar surface area (TPSA) is 107 Å². The molecule has 1 aromatic carbocycles. The molecule has 0 spiro atoms. The Morgan fingerprint density at radius 1 is 1.30 bits per heavy atom. The van der Waals surface area contributed by atoms with E-state index in [-0.39, 0.29) is 4.90 Å². The standard InChI is InChI=1S/C15H21NO6S/c17-14-3-6-16(10-15(18)4-7-22-8-5-15)13-2-1-11(9-12(13)14)23(19,20)21/h1-2,9,14,17-18H,3-8,10H2,(H,19,20,21). The molecule has 3 rings (SSSR count). The molecule has 1 unspecified atom stereocenters. The average Bonchev–Trinajstić information content (AvgIpc) is 2.49. The fraction of sp³-hybridized carbons (Fsp3) is 0.600. The molecule has 0 amide bonds. The maximum Gasteiger partial charge on any atom is 0.294 e. The van der Waals surface area contributed by atoms with Crippen LogP contribution in [0.2, 0.25) is 0 Å². The predicted octanol–water partition coefficient (Wildman–Crippen LogP) is 0.718. The van der Waals surface area contributed by atoms with Crippen molar-refractivity contribution < 1.29 is 27.9 Å². The molecule has 128 valence electrons. The predicted molar refractivity (Wildman–Crippen MR) is 83.0 cm³/mol. The molecule has 1 atom stereocenters. The summed E-state index contributed by atoms with van der Waals surface area (Å²) in [6, 6.07) is 4.19. The summed E-state index contributed by atoms with van der Waals surface area (Å²) in [6.07, 6.45) is 0.746. The van der Waals surface area contributed by atoms with E-state index in [9.17, 15) is 18.6 Å². The van der Waals surface area contributed by atoms with E-state index in [2.05, 4.69) is 0 Å². The number of hydrogen-bond acceptors (Lipinski definition) is 6. The van der Waals surface area contributed by atoms with Crippen molar-refractivity contribution in [3.8, 4) is 0 Å². The number of anilines is 1. The summed E-state index contributed by atoms with van der Waals surface area (Å²) in [6.45, 7) is 2.01. The van der Waals surface area contributed by atoms with Crippen LogP contribution in [0.3, 0.4) is 0 Å². The van der Waals surface area contributed by atoms with Gasteiger partial charge in [0.05, 0.1) is 16.6 Å². The maximum absolute atomic E-state index is 11.3. The lowest BCUT2D eigenvalue weighted by Crippen LogP contribution is -2.48. The highest BCUT2D eigenvalue weighted by molar-refractivity contribution is 7.85. The zero-order valence-electron chi connectivity index (χ0n) is 12.7. The lowest BCUT2D eigenvalue weighted by molar-refractivity contribution is -0.0582. The van der Waals surface area contributed by atoms with Crippen molar-refractivity contribution in [1.29, 1.82) is 0 Å². The Hall–Kier alpha value is -1.19. The van der Waals surface area contributed by atoms with Gasteiger partial charge in [0.1, 0.15) is 0 Å². The molecule has 23 heavy (non-hydrogen) atoms. The van der Waals surface area contributed by atoms with Crippen LogP contribution >= 0.6 is 0 Å². The number of aliphatic hydroxyl groups is 2. The molecule has 0 saturated carbocycles. The molecule has 1 fully saturated rings. The van der Waals surface area contributed by atoms with E-state index in [1.807, 2.05) is 4.90 Å². The molecule has 0 aliphatic carbocycles. The van der Waals surface area contributed by atoms with Crippen LogP contribution < -0.4 is 4.90 Å². The first-order valence-corrected chi connectivity index (χ1v) is 9.07. The van der Waals surface area contributed by atoms with Crippen molar-refractivity contribution >= 4 is 15.8 Å². The van der Waals surface area contributed by atoms with Crippen LogP contribution in [0.25, 0.3) is 0 Å². The van der Waals surface area contributed by atoms with E-state index in [0.29, 0.717) is 56.8 Å². The van der Waals surface area contributed by atoms with Crippen molar-refractivity contribution in [2.45, 2.75) is 35.9 Å². The molecule has 2 aliphatic heterocycles. The normalized spacial score (nSPS) is 24.3. The molecule has 3 N–H and O–H groups in total. The van der Waals surface area contributed by atoms with Crippen LogP contribution in [0.5, 0.6) is 0 Å². The number of fused-ring (bicyclic) bond motifs is 1. The van der Waals surface area contributed by atoms with Crippen molar-refractivity contribution in [2.75, 3.05) is 31.2 Å². The molecule has 2 aliphatic rings. The van der Waals surface area contributed by atoms with E-state index in [0.717, 1.165) is 0 Å². The highest BCUT2D eigenvalue weighted by atomic mass is 32.2. The van der Waals surface area contributed by atoms with Crippen LogP contribution in [0, 0.1) is 0 Å². The van der Waals surface area contributed by atoms with Gasteiger partial charge >= 0.3 is 0 Å². The van der Waals surface area contributed by atoms with Gasteiger partial charge in [0.25, 0.3) is 10.1 Å². The third kappa shape index (κ3) is 3.51. The molecule has 2 heterocycles. The van der Waals surface area contributed by atoms with E-state index in [4.69, 9.17) is 9.29 Å².